The van der Waals surface area contributed by atoms with Crippen LogP contribution in [0.1, 0.15) is 55.3 Å². The van der Waals surface area contributed by atoms with Gasteiger partial charge in [0, 0.05) is 31.7 Å². The van der Waals surface area contributed by atoms with Crippen molar-refractivity contribution in [3.8, 4) is 11.5 Å². The van der Waals surface area contributed by atoms with E-state index in [-0.39, 0.29) is 5.92 Å². The summed E-state index contributed by atoms with van der Waals surface area (Å²) in [6.45, 7) is 4.83. The van der Waals surface area contributed by atoms with Gasteiger partial charge in [-0.2, -0.15) is 0 Å². The van der Waals surface area contributed by atoms with Crippen LogP contribution >= 0.6 is 0 Å². The van der Waals surface area contributed by atoms with Crippen molar-refractivity contribution in [3.63, 3.8) is 0 Å². The van der Waals surface area contributed by atoms with Crippen LogP contribution in [0, 0.1) is 18.8 Å². The molecule has 0 spiro atoms. The number of hydrogen-bond donors (Lipinski definition) is 1. The van der Waals surface area contributed by atoms with E-state index in [1.807, 2.05) is 19.2 Å². The minimum atomic E-state index is -0.802. The highest BCUT2D eigenvalue weighted by atomic mass is 16.5. The SMILES string of the molecule is COc1cc(CN2C[C@@H]3CC[C@@](O)(c4ccc(C)cn4)[C@@H]3C2)ccc1OC1CCCC1. The first-order valence-corrected chi connectivity index (χ1v) is 11.8. The number of rotatable bonds is 6. The number of likely N-dealkylation sites (tertiary alicyclic amines) is 1. The Kier molecular flexibility index (Phi) is 5.65. The predicted octanol–water partition coefficient (Wildman–Crippen LogP) is 4.45. The third-order valence-corrected chi connectivity index (χ3v) is 7.61. The molecule has 166 valence electrons. The summed E-state index contributed by atoms with van der Waals surface area (Å²) in [6.07, 6.45) is 8.86. The summed E-state index contributed by atoms with van der Waals surface area (Å²) < 4.78 is 11.8. The topological polar surface area (TPSA) is 54.8 Å². The third kappa shape index (κ3) is 4.06. The van der Waals surface area contributed by atoms with E-state index in [1.54, 1.807) is 7.11 Å². The standard InChI is InChI=1S/C26H34N2O3/c1-18-7-10-25(27-14-18)26(29)12-11-20-16-28(17-22(20)26)15-19-8-9-23(24(13-19)30-2)31-21-5-3-4-6-21/h7-10,13-14,20-22,29H,3-6,11-12,15-17H2,1-2H3/t20-,22+,26-/m0/s1. The Bertz CT molecular complexity index is 909. The highest BCUT2D eigenvalue weighted by Gasteiger charge is 2.53. The summed E-state index contributed by atoms with van der Waals surface area (Å²) >= 11 is 0. The molecule has 5 heteroatoms. The second-order valence-corrected chi connectivity index (χ2v) is 9.75. The first-order chi connectivity index (χ1) is 15.0. The molecule has 0 amide bonds. The van der Waals surface area contributed by atoms with Crippen molar-refractivity contribution in [2.75, 3.05) is 20.2 Å². The van der Waals surface area contributed by atoms with E-state index in [9.17, 15) is 5.11 Å². The van der Waals surface area contributed by atoms with Gasteiger partial charge in [0.25, 0.3) is 0 Å². The van der Waals surface area contributed by atoms with Gasteiger partial charge in [-0.15, -0.1) is 0 Å². The van der Waals surface area contributed by atoms with Gasteiger partial charge in [-0.1, -0.05) is 12.1 Å². The van der Waals surface area contributed by atoms with Gasteiger partial charge in [0.05, 0.1) is 18.9 Å². The van der Waals surface area contributed by atoms with Gasteiger partial charge in [-0.05, 0) is 80.7 Å². The molecule has 5 nitrogen and oxygen atoms in total. The van der Waals surface area contributed by atoms with Gasteiger partial charge < -0.3 is 14.6 Å². The van der Waals surface area contributed by atoms with Crippen LogP contribution < -0.4 is 9.47 Å². The van der Waals surface area contributed by atoms with Crippen LogP contribution in [0.15, 0.2) is 36.5 Å². The first kappa shape index (κ1) is 20.8. The number of aryl methyl sites for hydroxylation is 1. The van der Waals surface area contributed by atoms with Crippen molar-refractivity contribution in [1.82, 2.24) is 9.88 Å². The summed E-state index contributed by atoms with van der Waals surface area (Å²) in [4.78, 5) is 7.05. The number of benzene rings is 1. The molecule has 2 aliphatic carbocycles. The second-order valence-electron chi connectivity index (χ2n) is 9.75. The van der Waals surface area contributed by atoms with Crippen molar-refractivity contribution in [2.24, 2.45) is 11.8 Å². The van der Waals surface area contributed by atoms with E-state index in [2.05, 4.69) is 34.1 Å². The molecule has 1 aromatic heterocycles. The fourth-order valence-electron chi connectivity index (χ4n) is 5.91. The molecule has 1 saturated heterocycles. The predicted molar refractivity (Wildman–Crippen MR) is 120 cm³/mol. The highest BCUT2D eigenvalue weighted by molar-refractivity contribution is 5.43. The molecule has 0 radical (unpaired) electrons. The summed E-state index contributed by atoms with van der Waals surface area (Å²) in [6, 6.07) is 10.4. The van der Waals surface area contributed by atoms with Crippen molar-refractivity contribution >= 4 is 0 Å². The van der Waals surface area contributed by atoms with Crippen LogP contribution in [0.2, 0.25) is 0 Å². The molecule has 2 heterocycles. The number of aliphatic hydroxyl groups is 1. The van der Waals surface area contributed by atoms with Crippen LogP contribution in [0.3, 0.4) is 0 Å². The third-order valence-electron chi connectivity index (χ3n) is 7.61. The second kappa shape index (κ2) is 8.44. The van der Waals surface area contributed by atoms with E-state index >= 15 is 0 Å². The summed E-state index contributed by atoms with van der Waals surface area (Å²) in [5.41, 5.74) is 2.39. The van der Waals surface area contributed by atoms with E-state index in [0.29, 0.717) is 12.0 Å². The molecule has 0 bridgehead atoms. The molecule has 3 atom stereocenters. The van der Waals surface area contributed by atoms with E-state index in [4.69, 9.17) is 9.47 Å². The number of nitrogens with zero attached hydrogens (tertiary/aromatic N) is 2. The lowest BCUT2D eigenvalue weighted by Gasteiger charge is -2.30. The number of methoxy groups -OCH3 is 1. The fraction of sp³-hybridized carbons (Fsp3) is 0.577. The van der Waals surface area contributed by atoms with Gasteiger partial charge in [-0.3, -0.25) is 9.88 Å². The Morgan fingerprint density at radius 3 is 2.68 bits per heavy atom. The molecule has 31 heavy (non-hydrogen) atoms. The quantitative estimate of drug-likeness (QED) is 0.745. The van der Waals surface area contributed by atoms with Gasteiger partial charge in [0.1, 0.15) is 5.60 Å². The molecule has 1 aromatic carbocycles. The number of ether oxygens (including phenoxy) is 2. The van der Waals surface area contributed by atoms with Crippen molar-refractivity contribution in [1.29, 1.82) is 0 Å². The Labute approximate surface area is 185 Å². The van der Waals surface area contributed by atoms with Gasteiger partial charge in [0.2, 0.25) is 0 Å². The zero-order valence-corrected chi connectivity index (χ0v) is 18.7. The normalized spacial score (nSPS) is 28.7. The summed E-state index contributed by atoms with van der Waals surface area (Å²) in [7, 11) is 1.72. The smallest absolute Gasteiger partial charge is 0.161 e. The van der Waals surface area contributed by atoms with E-state index in [0.717, 1.165) is 68.1 Å². The fourth-order valence-corrected chi connectivity index (χ4v) is 5.91. The Morgan fingerprint density at radius 1 is 1.10 bits per heavy atom. The summed E-state index contributed by atoms with van der Waals surface area (Å²) in [5, 5.41) is 11.5. The maximum atomic E-state index is 11.5. The highest BCUT2D eigenvalue weighted by Crippen LogP contribution is 2.50. The minimum Gasteiger partial charge on any atom is -0.493 e. The van der Waals surface area contributed by atoms with Gasteiger partial charge in [-0.25, -0.2) is 0 Å². The van der Waals surface area contributed by atoms with Crippen molar-refractivity contribution < 1.29 is 14.6 Å². The van der Waals surface area contributed by atoms with Crippen LogP contribution in [0.5, 0.6) is 11.5 Å². The zero-order valence-electron chi connectivity index (χ0n) is 18.7. The van der Waals surface area contributed by atoms with Crippen molar-refractivity contribution in [3.05, 3.63) is 53.3 Å². The number of aromatic nitrogens is 1. The summed E-state index contributed by atoms with van der Waals surface area (Å²) in [5.74, 6) is 2.45. The molecule has 0 unspecified atom stereocenters. The molecular weight excluding hydrogens is 388 g/mol. The number of fused-ring (bicyclic) bond motifs is 1. The zero-order chi connectivity index (χ0) is 21.4. The number of pyridine rings is 1. The average Bonchev–Trinajstić information content (AvgIpc) is 3.49. The molecule has 2 saturated carbocycles. The lowest BCUT2D eigenvalue weighted by molar-refractivity contribution is -0.0108. The van der Waals surface area contributed by atoms with Crippen LogP contribution in [0.4, 0.5) is 0 Å². The maximum Gasteiger partial charge on any atom is 0.161 e. The Hall–Kier alpha value is -2.11. The minimum absolute atomic E-state index is 0.245. The molecule has 2 aromatic rings. The van der Waals surface area contributed by atoms with Crippen molar-refractivity contribution in [2.45, 2.75) is 63.7 Å². The van der Waals surface area contributed by atoms with Gasteiger partial charge in [0.15, 0.2) is 11.5 Å². The Balaban J connectivity index is 1.27. The molecule has 1 N–H and O–H groups in total. The molecule has 1 aliphatic heterocycles. The number of hydrogen-bond acceptors (Lipinski definition) is 5. The largest absolute Gasteiger partial charge is 0.493 e. The van der Waals surface area contributed by atoms with Crippen LogP contribution in [-0.4, -0.2) is 41.3 Å². The lowest BCUT2D eigenvalue weighted by Crippen LogP contribution is -2.35. The first-order valence-electron chi connectivity index (χ1n) is 11.8. The maximum absolute atomic E-state index is 11.5. The van der Waals surface area contributed by atoms with E-state index < -0.39 is 5.60 Å². The average molecular weight is 423 g/mol. The van der Waals surface area contributed by atoms with Gasteiger partial charge >= 0.3 is 0 Å². The molecular formula is C26H34N2O3. The molecule has 3 aliphatic rings. The lowest BCUT2D eigenvalue weighted by atomic mass is 9.85. The monoisotopic (exact) mass is 422 g/mol. The van der Waals surface area contributed by atoms with Crippen LogP contribution in [-0.2, 0) is 12.1 Å². The molecule has 5 rings (SSSR count). The van der Waals surface area contributed by atoms with Crippen LogP contribution in [0.25, 0.3) is 0 Å². The Morgan fingerprint density at radius 2 is 1.94 bits per heavy atom. The molecule has 3 fully saturated rings. The van der Waals surface area contributed by atoms with E-state index in [1.165, 1.54) is 18.4 Å².